The molecule has 1 saturated heterocycles. The van der Waals surface area contributed by atoms with Gasteiger partial charge in [-0.05, 0) is 18.1 Å². The van der Waals surface area contributed by atoms with E-state index >= 15 is 0 Å². The van der Waals surface area contributed by atoms with Crippen LogP contribution < -0.4 is 4.90 Å². The molecule has 1 amide bonds. The van der Waals surface area contributed by atoms with Crippen molar-refractivity contribution in [2.24, 2.45) is 0 Å². The van der Waals surface area contributed by atoms with Crippen LogP contribution in [0.25, 0.3) is 0 Å². The fourth-order valence-corrected chi connectivity index (χ4v) is 4.40. The molecule has 144 valence electrons. The van der Waals surface area contributed by atoms with Crippen LogP contribution in [0.5, 0.6) is 0 Å². The number of hydrogen-bond donors (Lipinski definition) is 0. The molecule has 28 heavy (non-hydrogen) atoms. The smallest absolute Gasteiger partial charge is 0.223 e. The molecule has 0 unspecified atom stereocenters. The van der Waals surface area contributed by atoms with Gasteiger partial charge in [-0.25, -0.2) is 0 Å². The number of aromatic nitrogens is 2. The molecule has 3 aromatic rings. The Morgan fingerprint density at radius 3 is 2.00 bits per heavy atom. The van der Waals surface area contributed by atoms with Crippen LogP contribution in [0.4, 0.5) is 5.13 Å². The van der Waals surface area contributed by atoms with Gasteiger partial charge in [0.15, 0.2) is 0 Å². The lowest BCUT2D eigenvalue weighted by Crippen LogP contribution is -2.49. The van der Waals surface area contributed by atoms with E-state index in [0.29, 0.717) is 6.42 Å². The summed E-state index contributed by atoms with van der Waals surface area (Å²) in [6, 6.07) is 20.6. The minimum Gasteiger partial charge on any atom is -0.343 e. The summed E-state index contributed by atoms with van der Waals surface area (Å²) < 4.78 is 0. The van der Waals surface area contributed by atoms with Crippen LogP contribution in [0.1, 0.15) is 28.5 Å². The van der Waals surface area contributed by atoms with Gasteiger partial charge in [0.1, 0.15) is 5.01 Å². The Morgan fingerprint density at radius 1 is 0.929 bits per heavy atom. The monoisotopic (exact) mass is 392 g/mol. The van der Waals surface area contributed by atoms with E-state index in [1.807, 2.05) is 48.2 Å². The van der Waals surface area contributed by atoms with Gasteiger partial charge in [-0.3, -0.25) is 4.79 Å². The highest BCUT2D eigenvalue weighted by atomic mass is 32.1. The van der Waals surface area contributed by atoms with Gasteiger partial charge in [-0.2, -0.15) is 0 Å². The minimum absolute atomic E-state index is 0.0822. The number of anilines is 1. The van der Waals surface area contributed by atoms with Crippen molar-refractivity contribution in [1.29, 1.82) is 0 Å². The highest BCUT2D eigenvalue weighted by molar-refractivity contribution is 7.15. The minimum atomic E-state index is 0.0822. The van der Waals surface area contributed by atoms with Crippen molar-refractivity contribution in [2.45, 2.75) is 19.3 Å². The maximum Gasteiger partial charge on any atom is 0.223 e. The van der Waals surface area contributed by atoms with Crippen LogP contribution in [-0.4, -0.2) is 47.2 Å². The van der Waals surface area contributed by atoms with Crippen molar-refractivity contribution in [2.75, 3.05) is 31.1 Å². The lowest BCUT2D eigenvalue weighted by Gasteiger charge is -2.35. The van der Waals surface area contributed by atoms with Crippen molar-refractivity contribution in [3.63, 3.8) is 0 Å². The molecule has 1 aromatic heterocycles. The fraction of sp³-hybridized carbons (Fsp3) is 0.318. The van der Waals surface area contributed by atoms with Crippen LogP contribution in [0.2, 0.25) is 0 Å². The van der Waals surface area contributed by atoms with E-state index in [9.17, 15) is 4.79 Å². The molecule has 1 fully saturated rings. The van der Waals surface area contributed by atoms with Gasteiger partial charge in [0, 0.05) is 38.5 Å². The Morgan fingerprint density at radius 2 is 1.50 bits per heavy atom. The zero-order valence-electron chi connectivity index (χ0n) is 16.0. The number of piperazine rings is 1. The molecule has 5 nitrogen and oxygen atoms in total. The Kier molecular flexibility index (Phi) is 5.67. The van der Waals surface area contributed by atoms with Gasteiger partial charge in [-0.1, -0.05) is 72.0 Å². The van der Waals surface area contributed by atoms with Gasteiger partial charge in [0.05, 0.1) is 0 Å². The second-order valence-corrected chi connectivity index (χ2v) is 8.21. The number of nitrogens with zero attached hydrogens (tertiary/aromatic N) is 4. The Labute approximate surface area is 169 Å². The Bertz CT molecular complexity index is 865. The lowest BCUT2D eigenvalue weighted by molar-refractivity contribution is -0.131. The second-order valence-electron chi connectivity index (χ2n) is 7.05. The average Bonchev–Trinajstić information content (AvgIpc) is 3.19. The predicted octanol–water partition coefficient (Wildman–Crippen LogP) is 3.72. The highest BCUT2D eigenvalue weighted by Crippen LogP contribution is 2.29. The topological polar surface area (TPSA) is 49.3 Å². The van der Waals surface area contributed by atoms with E-state index in [-0.39, 0.29) is 11.8 Å². The molecule has 0 spiro atoms. The van der Waals surface area contributed by atoms with E-state index in [1.54, 1.807) is 11.3 Å². The fourth-order valence-electron chi connectivity index (χ4n) is 3.66. The summed E-state index contributed by atoms with van der Waals surface area (Å²) in [7, 11) is 0. The number of rotatable bonds is 5. The summed E-state index contributed by atoms with van der Waals surface area (Å²) in [4.78, 5) is 17.3. The largest absolute Gasteiger partial charge is 0.343 e. The first-order valence-corrected chi connectivity index (χ1v) is 10.4. The van der Waals surface area contributed by atoms with Gasteiger partial charge in [0.2, 0.25) is 11.0 Å². The number of hydrogen-bond acceptors (Lipinski definition) is 5. The third kappa shape index (κ3) is 4.22. The predicted molar refractivity (Wildman–Crippen MR) is 113 cm³/mol. The summed E-state index contributed by atoms with van der Waals surface area (Å²) in [6.07, 6.45) is 0.492. The highest BCUT2D eigenvalue weighted by Gasteiger charge is 2.26. The lowest BCUT2D eigenvalue weighted by atomic mass is 9.88. The number of amides is 1. The Balaban J connectivity index is 1.44. The SMILES string of the molecule is Cc1nnc(N2CCN(C(=O)CC(c3ccccc3)c3ccccc3)CC2)s1. The van der Waals surface area contributed by atoms with Crippen molar-refractivity contribution in [1.82, 2.24) is 15.1 Å². The third-order valence-electron chi connectivity index (χ3n) is 5.20. The van der Waals surface area contributed by atoms with Crippen molar-refractivity contribution < 1.29 is 4.79 Å². The normalized spacial score (nSPS) is 14.5. The van der Waals surface area contributed by atoms with Crippen LogP contribution in [0.3, 0.4) is 0 Å². The molecule has 2 heterocycles. The molecular formula is C22H24N4OS. The molecule has 6 heteroatoms. The molecular weight excluding hydrogens is 368 g/mol. The van der Waals surface area contributed by atoms with E-state index < -0.39 is 0 Å². The van der Waals surface area contributed by atoms with Crippen LogP contribution in [0.15, 0.2) is 60.7 Å². The summed E-state index contributed by atoms with van der Waals surface area (Å²) >= 11 is 1.61. The van der Waals surface area contributed by atoms with Crippen LogP contribution >= 0.6 is 11.3 Å². The Hall–Kier alpha value is -2.73. The summed E-state index contributed by atoms with van der Waals surface area (Å²) in [6.45, 7) is 5.04. The van der Waals surface area contributed by atoms with Crippen molar-refractivity contribution in [3.8, 4) is 0 Å². The molecule has 0 atom stereocenters. The molecule has 0 aliphatic carbocycles. The van der Waals surface area contributed by atoms with Gasteiger partial charge >= 0.3 is 0 Å². The number of benzene rings is 2. The quantitative estimate of drug-likeness (QED) is 0.664. The molecule has 1 aliphatic rings. The van der Waals surface area contributed by atoms with Gasteiger partial charge in [-0.15, -0.1) is 10.2 Å². The first-order chi connectivity index (χ1) is 13.7. The zero-order valence-corrected chi connectivity index (χ0v) is 16.8. The van der Waals surface area contributed by atoms with E-state index in [4.69, 9.17) is 0 Å². The maximum absolute atomic E-state index is 13.1. The molecule has 0 saturated carbocycles. The van der Waals surface area contributed by atoms with E-state index in [1.165, 1.54) is 11.1 Å². The second kappa shape index (κ2) is 8.52. The van der Waals surface area contributed by atoms with Gasteiger partial charge in [0.25, 0.3) is 0 Å². The first-order valence-electron chi connectivity index (χ1n) is 9.63. The van der Waals surface area contributed by atoms with Crippen LogP contribution in [-0.2, 0) is 4.79 Å². The number of aryl methyl sites for hydroxylation is 1. The zero-order chi connectivity index (χ0) is 19.3. The molecule has 4 rings (SSSR count). The van der Waals surface area contributed by atoms with E-state index in [0.717, 1.165) is 36.3 Å². The maximum atomic E-state index is 13.1. The number of carbonyl (C=O) groups is 1. The standard InChI is InChI=1S/C22H24N4OS/c1-17-23-24-22(28-17)26-14-12-25(13-15-26)21(27)16-20(18-8-4-2-5-9-18)19-10-6-3-7-11-19/h2-11,20H,12-16H2,1H3. The van der Waals surface area contributed by atoms with Crippen molar-refractivity contribution >= 4 is 22.4 Å². The summed E-state index contributed by atoms with van der Waals surface area (Å²) in [5, 5.41) is 10.3. The van der Waals surface area contributed by atoms with Crippen LogP contribution in [0, 0.1) is 6.92 Å². The van der Waals surface area contributed by atoms with Gasteiger partial charge < -0.3 is 9.80 Å². The average molecular weight is 393 g/mol. The summed E-state index contributed by atoms with van der Waals surface area (Å²) in [5.74, 6) is 0.296. The molecule has 0 bridgehead atoms. The molecule has 1 aliphatic heterocycles. The van der Waals surface area contributed by atoms with E-state index in [2.05, 4.69) is 39.4 Å². The molecule has 0 N–H and O–H groups in total. The molecule has 2 aromatic carbocycles. The third-order valence-corrected chi connectivity index (χ3v) is 6.10. The number of carbonyl (C=O) groups excluding carboxylic acids is 1. The van der Waals surface area contributed by atoms with Crippen molar-refractivity contribution in [3.05, 3.63) is 76.8 Å². The molecule has 0 radical (unpaired) electrons. The first kappa shape index (κ1) is 18.6. The summed E-state index contributed by atoms with van der Waals surface area (Å²) in [5.41, 5.74) is 2.37.